The van der Waals surface area contributed by atoms with Gasteiger partial charge >= 0.3 is 0 Å². The smallest absolute Gasteiger partial charge is 0.189 e. The van der Waals surface area contributed by atoms with Crippen LogP contribution in [0, 0.1) is 0 Å². The summed E-state index contributed by atoms with van der Waals surface area (Å²) in [6.45, 7) is 6.56. The molecule has 0 radical (unpaired) electrons. The molecule has 2 aromatic carbocycles. The lowest BCUT2D eigenvalue weighted by molar-refractivity contribution is 0.104. The highest BCUT2D eigenvalue weighted by atomic mass is 16.5. The minimum Gasteiger partial charge on any atom is -0.507 e. The van der Waals surface area contributed by atoms with Gasteiger partial charge in [0.05, 0.1) is 12.7 Å². The number of allylic oxidation sites excluding steroid dienone is 1. The van der Waals surface area contributed by atoms with Crippen molar-refractivity contribution in [2.75, 3.05) is 25.1 Å². The Morgan fingerprint density at radius 1 is 1.04 bits per heavy atom. The molecule has 0 fully saturated rings. The molecule has 0 aromatic heterocycles. The van der Waals surface area contributed by atoms with Gasteiger partial charge in [0.15, 0.2) is 5.78 Å². The van der Waals surface area contributed by atoms with Gasteiger partial charge in [0.1, 0.15) is 11.5 Å². The van der Waals surface area contributed by atoms with E-state index in [0.717, 1.165) is 18.7 Å². The summed E-state index contributed by atoms with van der Waals surface area (Å²) in [4.78, 5) is 14.8. The number of carbonyl (C=O) groups is 1. The fourth-order valence-electron chi connectivity index (χ4n) is 2.97. The molecule has 150 valence electrons. The third kappa shape index (κ3) is 6.15. The van der Waals surface area contributed by atoms with Crippen LogP contribution in [-0.2, 0) is 0 Å². The van der Waals surface area contributed by atoms with Gasteiger partial charge in [-0.1, -0.05) is 44.9 Å². The summed E-state index contributed by atoms with van der Waals surface area (Å²) < 4.78 is 5.05. The predicted molar refractivity (Wildman–Crippen MR) is 116 cm³/mol. The third-order valence-corrected chi connectivity index (χ3v) is 4.72. The first kappa shape index (κ1) is 21.5. The molecule has 0 aliphatic carbocycles. The molecule has 0 aliphatic heterocycles. The summed E-state index contributed by atoms with van der Waals surface area (Å²) in [5.41, 5.74) is 2.44. The van der Waals surface area contributed by atoms with Crippen LogP contribution in [0.5, 0.6) is 11.5 Å². The number of rotatable bonds is 11. The summed E-state index contributed by atoms with van der Waals surface area (Å²) >= 11 is 0. The molecule has 4 heteroatoms. The largest absolute Gasteiger partial charge is 0.507 e. The number of ketones is 1. The molecule has 2 rings (SSSR count). The van der Waals surface area contributed by atoms with Gasteiger partial charge in [-0.15, -0.1) is 0 Å². The normalized spacial score (nSPS) is 11.0. The van der Waals surface area contributed by atoms with Crippen LogP contribution in [0.4, 0.5) is 5.69 Å². The number of anilines is 1. The molecular formula is C24H31NO3. The lowest BCUT2D eigenvalue weighted by Crippen LogP contribution is -2.25. The average Bonchev–Trinajstić information content (AvgIpc) is 2.72. The first-order valence-electron chi connectivity index (χ1n) is 10.0. The van der Waals surface area contributed by atoms with Crippen LogP contribution in [0.3, 0.4) is 0 Å². The molecule has 1 N–H and O–H groups in total. The van der Waals surface area contributed by atoms with Gasteiger partial charge < -0.3 is 14.7 Å². The molecule has 0 spiro atoms. The first-order chi connectivity index (χ1) is 13.6. The van der Waals surface area contributed by atoms with Gasteiger partial charge in [-0.2, -0.15) is 0 Å². The maximum atomic E-state index is 12.4. The minimum atomic E-state index is -0.239. The summed E-state index contributed by atoms with van der Waals surface area (Å²) in [5, 5.41) is 9.99. The SMILES string of the molecule is CCCCN(CCCC)c1ccc(/C=C/C(=O)c2ccc(OC)cc2O)cc1. The highest BCUT2D eigenvalue weighted by molar-refractivity contribution is 6.08. The zero-order chi connectivity index (χ0) is 20.4. The van der Waals surface area contributed by atoms with E-state index in [2.05, 4.69) is 30.9 Å². The number of ether oxygens (including phenoxy) is 1. The topological polar surface area (TPSA) is 49.8 Å². The van der Waals surface area contributed by atoms with Gasteiger partial charge in [-0.05, 0) is 48.7 Å². The van der Waals surface area contributed by atoms with Crippen LogP contribution in [0.2, 0.25) is 0 Å². The van der Waals surface area contributed by atoms with Gasteiger partial charge in [0.2, 0.25) is 0 Å². The lowest BCUT2D eigenvalue weighted by atomic mass is 10.1. The van der Waals surface area contributed by atoms with Gasteiger partial charge in [0.25, 0.3) is 0 Å². The van der Waals surface area contributed by atoms with E-state index >= 15 is 0 Å². The van der Waals surface area contributed by atoms with Crippen molar-refractivity contribution in [1.29, 1.82) is 0 Å². The van der Waals surface area contributed by atoms with Gasteiger partial charge in [-0.3, -0.25) is 4.79 Å². The molecule has 4 nitrogen and oxygen atoms in total. The second kappa shape index (κ2) is 11.2. The molecule has 0 unspecified atom stereocenters. The number of methoxy groups -OCH3 is 1. The maximum absolute atomic E-state index is 12.4. The summed E-state index contributed by atoms with van der Waals surface area (Å²) in [5.74, 6) is 0.202. The Labute approximate surface area is 168 Å². The molecular weight excluding hydrogens is 350 g/mol. The summed E-state index contributed by atoms with van der Waals surface area (Å²) in [6.07, 6.45) is 8.00. The number of phenolic OH excluding ortho intramolecular Hbond substituents is 1. The second-order valence-corrected chi connectivity index (χ2v) is 6.87. The number of benzene rings is 2. The number of hydrogen-bond donors (Lipinski definition) is 1. The van der Waals surface area contributed by atoms with Crippen LogP contribution in [0.15, 0.2) is 48.5 Å². The van der Waals surface area contributed by atoms with E-state index in [0.29, 0.717) is 5.75 Å². The molecule has 2 aromatic rings. The van der Waals surface area contributed by atoms with E-state index in [4.69, 9.17) is 4.74 Å². The van der Waals surface area contributed by atoms with Crippen molar-refractivity contribution >= 4 is 17.5 Å². The zero-order valence-electron chi connectivity index (χ0n) is 17.1. The van der Waals surface area contributed by atoms with Gasteiger partial charge in [-0.25, -0.2) is 0 Å². The van der Waals surface area contributed by atoms with E-state index < -0.39 is 0 Å². The van der Waals surface area contributed by atoms with E-state index in [-0.39, 0.29) is 17.1 Å². The van der Waals surface area contributed by atoms with Crippen LogP contribution < -0.4 is 9.64 Å². The number of unbranched alkanes of at least 4 members (excludes halogenated alkanes) is 2. The molecule has 0 aliphatic rings. The second-order valence-electron chi connectivity index (χ2n) is 6.87. The standard InChI is InChI=1S/C24H31NO3/c1-4-6-16-25(17-7-5-2)20-11-8-19(9-12-20)10-15-23(26)22-14-13-21(28-3)18-24(22)27/h8-15,18,27H,4-7,16-17H2,1-3H3/b15-10+. The van der Waals surface area contributed by atoms with E-state index in [1.54, 1.807) is 18.2 Å². The summed E-state index contributed by atoms with van der Waals surface area (Å²) in [6, 6.07) is 13.0. The van der Waals surface area contributed by atoms with Crippen molar-refractivity contribution in [3.63, 3.8) is 0 Å². The van der Waals surface area contributed by atoms with Crippen LogP contribution in [-0.4, -0.2) is 31.1 Å². The molecule has 0 amide bonds. The first-order valence-corrected chi connectivity index (χ1v) is 10.0. The molecule has 0 heterocycles. The molecule has 0 bridgehead atoms. The van der Waals surface area contributed by atoms with Gasteiger partial charge in [0, 0.05) is 24.8 Å². The van der Waals surface area contributed by atoms with E-state index in [1.165, 1.54) is 50.6 Å². The van der Waals surface area contributed by atoms with Crippen molar-refractivity contribution in [3.05, 3.63) is 59.7 Å². The van der Waals surface area contributed by atoms with Crippen molar-refractivity contribution in [1.82, 2.24) is 0 Å². The Balaban J connectivity index is 2.06. The zero-order valence-corrected chi connectivity index (χ0v) is 17.1. The Bertz CT molecular complexity index is 773. The lowest BCUT2D eigenvalue weighted by Gasteiger charge is -2.24. The fraction of sp³-hybridized carbons (Fsp3) is 0.375. The molecule has 28 heavy (non-hydrogen) atoms. The van der Waals surface area contributed by atoms with E-state index in [9.17, 15) is 9.90 Å². The molecule has 0 atom stereocenters. The number of nitrogens with zero attached hydrogens (tertiary/aromatic N) is 1. The van der Waals surface area contributed by atoms with Crippen LogP contribution >= 0.6 is 0 Å². The number of aromatic hydroxyl groups is 1. The van der Waals surface area contributed by atoms with Crippen LogP contribution in [0.25, 0.3) is 6.08 Å². The molecule has 0 saturated carbocycles. The highest BCUT2D eigenvalue weighted by Crippen LogP contribution is 2.24. The van der Waals surface area contributed by atoms with Crippen molar-refractivity contribution in [2.24, 2.45) is 0 Å². The Kier molecular flexibility index (Phi) is 8.60. The highest BCUT2D eigenvalue weighted by Gasteiger charge is 2.09. The quantitative estimate of drug-likeness (QED) is 0.400. The van der Waals surface area contributed by atoms with Crippen molar-refractivity contribution in [3.8, 4) is 11.5 Å². The number of carbonyl (C=O) groups excluding carboxylic acids is 1. The monoisotopic (exact) mass is 381 g/mol. The van der Waals surface area contributed by atoms with E-state index in [1.807, 2.05) is 12.1 Å². The van der Waals surface area contributed by atoms with Crippen LogP contribution in [0.1, 0.15) is 55.5 Å². The van der Waals surface area contributed by atoms with Crippen molar-refractivity contribution < 1.29 is 14.6 Å². The van der Waals surface area contributed by atoms with Crippen molar-refractivity contribution in [2.45, 2.75) is 39.5 Å². The Morgan fingerprint density at radius 3 is 2.21 bits per heavy atom. The average molecular weight is 382 g/mol. The third-order valence-electron chi connectivity index (χ3n) is 4.72. The predicted octanol–water partition coefficient (Wildman–Crippen LogP) is 5.70. The minimum absolute atomic E-state index is 0.0770. The number of hydrogen-bond acceptors (Lipinski definition) is 4. The fourth-order valence-corrected chi connectivity index (χ4v) is 2.97. The number of phenols is 1. The Morgan fingerprint density at radius 2 is 1.68 bits per heavy atom. The Hall–Kier alpha value is -2.75. The maximum Gasteiger partial charge on any atom is 0.189 e. The molecule has 0 saturated heterocycles. The summed E-state index contributed by atoms with van der Waals surface area (Å²) in [7, 11) is 1.52.